The van der Waals surface area contributed by atoms with E-state index in [2.05, 4.69) is 25.1 Å². The summed E-state index contributed by atoms with van der Waals surface area (Å²) in [5.74, 6) is 3.50. The molecule has 1 aliphatic heterocycles. The zero-order chi connectivity index (χ0) is 18.6. The molecule has 0 aromatic carbocycles. The van der Waals surface area contributed by atoms with Gasteiger partial charge in [-0.1, -0.05) is 0 Å². The molecule has 1 aliphatic rings. The Hall–Kier alpha value is -2.58. The lowest BCUT2D eigenvalue weighted by Crippen LogP contribution is -2.34. The first kappa shape index (κ1) is 17.8. The Labute approximate surface area is 157 Å². The Morgan fingerprint density at radius 1 is 1.15 bits per heavy atom. The Balaban J connectivity index is 1.28. The molecule has 1 saturated heterocycles. The van der Waals surface area contributed by atoms with Crippen LogP contribution in [0.5, 0.6) is 0 Å². The lowest BCUT2D eigenvalue weighted by atomic mass is 9.93. The SMILES string of the molecule is Cn1c(CO)nnc1CC1CCN(Cc2cnc(-c3ccco3)nc2)CC1. The standard InChI is InChI=1S/C19H24N6O2/c1-24-17(22-23-18(24)13-26)9-14-4-6-25(7-5-14)12-15-10-20-19(21-11-15)16-3-2-8-27-16/h2-3,8,10-11,14,26H,4-7,9,12-13H2,1H3. The van der Waals surface area contributed by atoms with Gasteiger partial charge < -0.3 is 14.1 Å². The second-order valence-electron chi connectivity index (χ2n) is 7.07. The molecule has 8 nitrogen and oxygen atoms in total. The average Bonchev–Trinajstić information content (AvgIpc) is 3.35. The van der Waals surface area contributed by atoms with Crippen LogP contribution in [0.15, 0.2) is 35.2 Å². The molecule has 0 amide bonds. The number of hydrogen-bond donors (Lipinski definition) is 1. The summed E-state index contributed by atoms with van der Waals surface area (Å²) >= 11 is 0. The number of aliphatic hydroxyl groups excluding tert-OH is 1. The van der Waals surface area contributed by atoms with Crippen LogP contribution in [0.2, 0.25) is 0 Å². The van der Waals surface area contributed by atoms with Crippen LogP contribution >= 0.6 is 0 Å². The molecule has 0 spiro atoms. The number of aromatic nitrogens is 5. The largest absolute Gasteiger partial charge is 0.461 e. The molecule has 27 heavy (non-hydrogen) atoms. The van der Waals surface area contributed by atoms with Gasteiger partial charge in [0, 0.05) is 38.0 Å². The molecule has 1 N–H and O–H groups in total. The van der Waals surface area contributed by atoms with Gasteiger partial charge in [0.25, 0.3) is 0 Å². The topological polar surface area (TPSA) is 93.1 Å². The minimum atomic E-state index is -0.0667. The number of rotatable bonds is 6. The second-order valence-corrected chi connectivity index (χ2v) is 7.07. The summed E-state index contributed by atoms with van der Waals surface area (Å²) in [7, 11) is 1.92. The number of nitrogens with zero attached hydrogens (tertiary/aromatic N) is 6. The molecule has 3 aromatic heterocycles. The van der Waals surface area contributed by atoms with E-state index in [-0.39, 0.29) is 6.61 Å². The summed E-state index contributed by atoms with van der Waals surface area (Å²) in [6.45, 7) is 2.90. The fraction of sp³-hybridized carbons (Fsp3) is 0.474. The molecule has 0 unspecified atom stereocenters. The van der Waals surface area contributed by atoms with E-state index < -0.39 is 0 Å². The highest BCUT2D eigenvalue weighted by atomic mass is 16.3. The molecular weight excluding hydrogens is 344 g/mol. The molecule has 0 radical (unpaired) electrons. The summed E-state index contributed by atoms with van der Waals surface area (Å²) in [5, 5.41) is 17.5. The summed E-state index contributed by atoms with van der Waals surface area (Å²) in [5.41, 5.74) is 1.12. The van der Waals surface area contributed by atoms with E-state index in [9.17, 15) is 5.11 Å². The summed E-state index contributed by atoms with van der Waals surface area (Å²) in [6, 6.07) is 3.70. The number of aliphatic hydroxyl groups is 1. The van der Waals surface area contributed by atoms with Crippen LogP contribution in [0.3, 0.4) is 0 Å². The van der Waals surface area contributed by atoms with Gasteiger partial charge in [-0.05, 0) is 44.0 Å². The van der Waals surface area contributed by atoms with Crippen molar-refractivity contribution in [1.29, 1.82) is 0 Å². The van der Waals surface area contributed by atoms with Crippen LogP contribution in [-0.4, -0.2) is 47.8 Å². The minimum absolute atomic E-state index is 0.0667. The first-order valence-electron chi connectivity index (χ1n) is 9.28. The van der Waals surface area contributed by atoms with Crippen molar-refractivity contribution >= 4 is 0 Å². The second kappa shape index (κ2) is 7.98. The molecule has 8 heteroatoms. The third-order valence-electron chi connectivity index (χ3n) is 5.23. The van der Waals surface area contributed by atoms with Gasteiger partial charge in [0.2, 0.25) is 0 Å². The summed E-state index contributed by atoms with van der Waals surface area (Å²) in [6.07, 6.45) is 8.57. The predicted molar refractivity (Wildman–Crippen MR) is 98.4 cm³/mol. The fourth-order valence-electron chi connectivity index (χ4n) is 3.55. The van der Waals surface area contributed by atoms with Crippen molar-refractivity contribution in [2.45, 2.75) is 32.4 Å². The van der Waals surface area contributed by atoms with E-state index in [0.717, 1.165) is 50.3 Å². The maximum atomic E-state index is 9.24. The molecule has 142 valence electrons. The van der Waals surface area contributed by atoms with E-state index in [1.54, 1.807) is 6.26 Å². The van der Waals surface area contributed by atoms with Gasteiger partial charge in [0.15, 0.2) is 17.4 Å². The van der Waals surface area contributed by atoms with Crippen molar-refractivity contribution < 1.29 is 9.52 Å². The van der Waals surface area contributed by atoms with Crippen LogP contribution in [0.4, 0.5) is 0 Å². The molecule has 1 fully saturated rings. The quantitative estimate of drug-likeness (QED) is 0.709. The van der Waals surface area contributed by atoms with Crippen LogP contribution in [-0.2, 0) is 26.6 Å². The molecule has 0 saturated carbocycles. The van der Waals surface area contributed by atoms with Crippen molar-refractivity contribution in [3.05, 3.63) is 48.0 Å². The monoisotopic (exact) mass is 368 g/mol. The number of piperidine rings is 1. The number of likely N-dealkylation sites (tertiary alicyclic amines) is 1. The Kier molecular flexibility index (Phi) is 5.26. The molecule has 4 rings (SSSR count). The summed E-state index contributed by atoms with van der Waals surface area (Å²) < 4.78 is 7.23. The predicted octanol–water partition coefficient (Wildman–Crippen LogP) is 1.81. The Morgan fingerprint density at radius 2 is 1.89 bits per heavy atom. The lowest BCUT2D eigenvalue weighted by molar-refractivity contribution is 0.175. The average molecular weight is 368 g/mol. The van der Waals surface area contributed by atoms with Crippen molar-refractivity contribution in [1.82, 2.24) is 29.6 Å². The van der Waals surface area contributed by atoms with E-state index in [1.807, 2.05) is 36.1 Å². The molecule has 0 atom stereocenters. The normalized spacial score (nSPS) is 16.1. The molecule has 3 aromatic rings. The van der Waals surface area contributed by atoms with Crippen LogP contribution in [0, 0.1) is 5.92 Å². The maximum Gasteiger partial charge on any atom is 0.195 e. The number of hydrogen-bond acceptors (Lipinski definition) is 7. The zero-order valence-electron chi connectivity index (χ0n) is 15.5. The smallest absolute Gasteiger partial charge is 0.195 e. The van der Waals surface area contributed by atoms with Crippen molar-refractivity contribution in [3.8, 4) is 11.6 Å². The van der Waals surface area contributed by atoms with Crippen LogP contribution in [0.1, 0.15) is 30.1 Å². The van der Waals surface area contributed by atoms with Crippen molar-refractivity contribution in [2.24, 2.45) is 13.0 Å². The van der Waals surface area contributed by atoms with Gasteiger partial charge >= 0.3 is 0 Å². The molecule has 4 heterocycles. The summed E-state index contributed by atoms with van der Waals surface area (Å²) in [4.78, 5) is 11.3. The Morgan fingerprint density at radius 3 is 2.52 bits per heavy atom. The van der Waals surface area contributed by atoms with Gasteiger partial charge in [-0.2, -0.15) is 0 Å². The molecular formula is C19H24N6O2. The third kappa shape index (κ3) is 4.06. The highest BCUT2D eigenvalue weighted by Gasteiger charge is 2.22. The van der Waals surface area contributed by atoms with Gasteiger partial charge in [0.1, 0.15) is 12.4 Å². The van der Waals surface area contributed by atoms with E-state index >= 15 is 0 Å². The zero-order valence-corrected chi connectivity index (χ0v) is 15.5. The van der Waals surface area contributed by atoms with Crippen molar-refractivity contribution in [2.75, 3.05) is 13.1 Å². The first-order valence-corrected chi connectivity index (χ1v) is 9.28. The lowest BCUT2D eigenvalue weighted by Gasteiger charge is -2.31. The third-order valence-corrected chi connectivity index (χ3v) is 5.23. The number of furan rings is 1. The van der Waals surface area contributed by atoms with Gasteiger partial charge in [0.05, 0.1) is 6.26 Å². The highest BCUT2D eigenvalue weighted by molar-refractivity contribution is 5.45. The Bertz CT molecular complexity index is 851. The van der Waals surface area contributed by atoms with E-state index in [0.29, 0.717) is 23.3 Å². The molecule has 0 bridgehead atoms. The van der Waals surface area contributed by atoms with Gasteiger partial charge in [-0.3, -0.25) is 4.90 Å². The van der Waals surface area contributed by atoms with Crippen LogP contribution in [0.25, 0.3) is 11.6 Å². The maximum absolute atomic E-state index is 9.24. The minimum Gasteiger partial charge on any atom is -0.461 e. The highest BCUT2D eigenvalue weighted by Crippen LogP contribution is 2.22. The molecule has 0 aliphatic carbocycles. The fourth-order valence-corrected chi connectivity index (χ4v) is 3.55. The van der Waals surface area contributed by atoms with E-state index in [1.165, 1.54) is 0 Å². The van der Waals surface area contributed by atoms with Crippen LogP contribution < -0.4 is 0 Å². The van der Waals surface area contributed by atoms with Gasteiger partial charge in [-0.15, -0.1) is 10.2 Å². The van der Waals surface area contributed by atoms with Gasteiger partial charge in [-0.25, -0.2) is 9.97 Å². The first-order chi connectivity index (χ1) is 13.2. The van der Waals surface area contributed by atoms with E-state index in [4.69, 9.17) is 4.42 Å². The van der Waals surface area contributed by atoms with Crippen molar-refractivity contribution in [3.63, 3.8) is 0 Å².